The maximum atomic E-state index is 11.1. The lowest BCUT2D eigenvalue weighted by Gasteiger charge is -2.05. The summed E-state index contributed by atoms with van der Waals surface area (Å²) in [5.74, 6) is -1.53. The summed E-state index contributed by atoms with van der Waals surface area (Å²) in [7, 11) is 0. The number of H-pyrrole nitrogens is 1. The van der Waals surface area contributed by atoms with E-state index in [0.29, 0.717) is 4.47 Å². The van der Waals surface area contributed by atoms with E-state index in [2.05, 4.69) is 31.3 Å². The summed E-state index contributed by atoms with van der Waals surface area (Å²) in [6.07, 6.45) is 0. The molecule has 0 spiro atoms. The lowest BCUT2D eigenvalue weighted by molar-refractivity contribution is 0.0996. The van der Waals surface area contributed by atoms with E-state index >= 15 is 0 Å². The number of halogens is 1. The molecule has 0 fully saturated rings. The number of phenolic OH excluding ortho intramolecular Hbond substituents is 2. The molecule has 5 N–H and O–H groups in total. The fraction of sp³-hybridized carbons (Fsp3) is 0. The standard InChI is InChI=1S/C9H7BrN4O3/c10-4-2-1-3(7(15)8(4)16)5-6(9(11)17)13-14-12-5/h1-2,15-16H,(H2,11,17)(H,12,13,14). The van der Waals surface area contributed by atoms with Crippen molar-refractivity contribution in [2.75, 3.05) is 0 Å². The predicted molar refractivity (Wildman–Crippen MR) is 61.4 cm³/mol. The molecule has 1 heterocycles. The first-order valence-corrected chi connectivity index (χ1v) is 5.23. The number of primary amides is 1. The van der Waals surface area contributed by atoms with Gasteiger partial charge in [0.25, 0.3) is 5.91 Å². The zero-order valence-electron chi connectivity index (χ0n) is 8.31. The molecule has 0 aliphatic heterocycles. The van der Waals surface area contributed by atoms with Crippen molar-refractivity contribution in [2.24, 2.45) is 5.73 Å². The van der Waals surface area contributed by atoms with Crippen molar-refractivity contribution in [1.29, 1.82) is 0 Å². The predicted octanol–water partition coefficient (Wildman–Crippen LogP) is 0.744. The summed E-state index contributed by atoms with van der Waals surface area (Å²) in [5, 5.41) is 28.8. The first-order valence-electron chi connectivity index (χ1n) is 4.43. The minimum absolute atomic E-state index is 0.0813. The van der Waals surface area contributed by atoms with E-state index in [-0.39, 0.29) is 22.7 Å². The Labute approximate surface area is 103 Å². The normalized spacial score (nSPS) is 10.4. The van der Waals surface area contributed by atoms with Crippen LogP contribution in [0.5, 0.6) is 11.5 Å². The van der Waals surface area contributed by atoms with Gasteiger partial charge in [0.05, 0.1) is 10.0 Å². The van der Waals surface area contributed by atoms with Crippen LogP contribution >= 0.6 is 15.9 Å². The van der Waals surface area contributed by atoms with Crippen LogP contribution in [0.2, 0.25) is 0 Å². The van der Waals surface area contributed by atoms with Crippen LogP contribution in [0.25, 0.3) is 11.3 Å². The molecule has 0 aliphatic carbocycles. The highest BCUT2D eigenvalue weighted by Crippen LogP contribution is 2.40. The minimum Gasteiger partial charge on any atom is -0.504 e. The number of phenols is 2. The van der Waals surface area contributed by atoms with E-state index in [0.717, 1.165) is 0 Å². The maximum absolute atomic E-state index is 11.1. The van der Waals surface area contributed by atoms with Gasteiger partial charge in [0.1, 0.15) is 5.69 Å². The molecule has 2 rings (SSSR count). The first kappa shape index (κ1) is 11.4. The van der Waals surface area contributed by atoms with E-state index < -0.39 is 11.7 Å². The fourth-order valence-corrected chi connectivity index (χ4v) is 1.66. The topological polar surface area (TPSA) is 125 Å². The van der Waals surface area contributed by atoms with Gasteiger partial charge in [0.15, 0.2) is 17.2 Å². The molecule has 17 heavy (non-hydrogen) atoms. The average molecular weight is 299 g/mol. The van der Waals surface area contributed by atoms with Gasteiger partial charge in [0.2, 0.25) is 0 Å². The molecule has 0 aliphatic rings. The first-order chi connectivity index (χ1) is 8.02. The fourth-order valence-electron chi connectivity index (χ4n) is 1.34. The molecule has 1 aromatic carbocycles. The largest absolute Gasteiger partial charge is 0.504 e. The van der Waals surface area contributed by atoms with Crippen molar-refractivity contribution >= 4 is 21.8 Å². The monoisotopic (exact) mass is 298 g/mol. The summed E-state index contributed by atoms with van der Waals surface area (Å²) >= 11 is 3.05. The third-order valence-electron chi connectivity index (χ3n) is 2.14. The van der Waals surface area contributed by atoms with Gasteiger partial charge in [-0.15, -0.1) is 0 Å². The summed E-state index contributed by atoms with van der Waals surface area (Å²) < 4.78 is 0.322. The molecule has 0 atom stereocenters. The van der Waals surface area contributed by atoms with Crippen LogP contribution in [-0.4, -0.2) is 31.5 Å². The number of nitrogens with zero attached hydrogens (tertiary/aromatic N) is 2. The Kier molecular flexibility index (Phi) is 2.72. The van der Waals surface area contributed by atoms with Crippen molar-refractivity contribution in [2.45, 2.75) is 0 Å². The molecule has 0 bridgehead atoms. The van der Waals surface area contributed by atoms with Gasteiger partial charge in [-0.05, 0) is 28.1 Å². The lowest BCUT2D eigenvalue weighted by atomic mass is 10.1. The summed E-state index contributed by atoms with van der Waals surface area (Å²) in [5.41, 5.74) is 5.23. The number of hydrogen-bond donors (Lipinski definition) is 4. The maximum Gasteiger partial charge on any atom is 0.271 e. The van der Waals surface area contributed by atoms with Crippen LogP contribution < -0.4 is 5.73 Å². The van der Waals surface area contributed by atoms with Crippen LogP contribution in [0.1, 0.15) is 10.5 Å². The molecular weight excluding hydrogens is 292 g/mol. The number of nitrogens with two attached hydrogens (primary N) is 1. The molecule has 0 saturated heterocycles. The van der Waals surface area contributed by atoms with Gasteiger partial charge in [-0.25, -0.2) is 0 Å². The Hall–Kier alpha value is -2.09. The number of aromatic amines is 1. The molecule has 0 radical (unpaired) electrons. The highest BCUT2D eigenvalue weighted by molar-refractivity contribution is 9.10. The van der Waals surface area contributed by atoms with Gasteiger partial charge in [-0.3, -0.25) is 4.79 Å². The van der Waals surface area contributed by atoms with Crippen LogP contribution in [0, 0.1) is 0 Å². The van der Waals surface area contributed by atoms with Gasteiger partial charge in [-0.1, -0.05) is 0 Å². The molecule has 88 valence electrons. The number of aromatic nitrogens is 3. The van der Waals surface area contributed by atoms with E-state index in [4.69, 9.17) is 5.73 Å². The van der Waals surface area contributed by atoms with Crippen LogP contribution in [-0.2, 0) is 0 Å². The Balaban J connectivity index is 2.65. The zero-order chi connectivity index (χ0) is 12.6. The Morgan fingerprint density at radius 1 is 1.29 bits per heavy atom. The molecular formula is C9H7BrN4O3. The zero-order valence-corrected chi connectivity index (χ0v) is 9.89. The number of carbonyl (C=O) groups is 1. The summed E-state index contributed by atoms with van der Waals surface area (Å²) in [6, 6.07) is 2.98. The Morgan fingerprint density at radius 2 is 2.00 bits per heavy atom. The quantitative estimate of drug-likeness (QED) is 0.609. The van der Waals surface area contributed by atoms with Crippen molar-refractivity contribution < 1.29 is 15.0 Å². The highest BCUT2D eigenvalue weighted by Gasteiger charge is 2.20. The number of hydrogen-bond acceptors (Lipinski definition) is 5. The smallest absolute Gasteiger partial charge is 0.271 e. The Morgan fingerprint density at radius 3 is 2.65 bits per heavy atom. The van der Waals surface area contributed by atoms with Crippen LogP contribution in [0.3, 0.4) is 0 Å². The second kappa shape index (κ2) is 4.06. The SMILES string of the molecule is NC(=O)c1n[nH]nc1-c1ccc(Br)c(O)c1O. The molecule has 7 nitrogen and oxygen atoms in total. The molecule has 1 amide bonds. The second-order valence-corrected chi connectivity index (χ2v) is 4.03. The van der Waals surface area contributed by atoms with Crippen LogP contribution in [0.4, 0.5) is 0 Å². The molecule has 0 unspecified atom stereocenters. The number of amides is 1. The van der Waals surface area contributed by atoms with Crippen molar-refractivity contribution in [3.8, 4) is 22.8 Å². The molecule has 1 aromatic heterocycles. The second-order valence-electron chi connectivity index (χ2n) is 3.18. The lowest BCUT2D eigenvalue weighted by Crippen LogP contribution is -2.12. The number of rotatable bonds is 2. The minimum atomic E-state index is -0.782. The Bertz CT molecular complexity index is 596. The van der Waals surface area contributed by atoms with Crippen molar-refractivity contribution in [1.82, 2.24) is 15.4 Å². The number of nitrogens with one attached hydrogen (secondary N) is 1. The van der Waals surface area contributed by atoms with E-state index in [1.54, 1.807) is 0 Å². The highest BCUT2D eigenvalue weighted by atomic mass is 79.9. The van der Waals surface area contributed by atoms with Crippen molar-refractivity contribution in [3.63, 3.8) is 0 Å². The van der Waals surface area contributed by atoms with E-state index in [1.807, 2.05) is 0 Å². The van der Waals surface area contributed by atoms with E-state index in [1.165, 1.54) is 12.1 Å². The summed E-state index contributed by atoms with van der Waals surface area (Å²) in [4.78, 5) is 11.1. The summed E-state index contributed by atoms with van der Waals surface area (Å²) in [6.45, 7) is 0. The van der Waals surface area contributed by atoms with Gasteiger partial charge < -0.3 is 15.9 Å². The third kappa shape index (κ3) is 1.82. The third-order valence-corrected chi connectivity index (χ3v) is 2.78. The van der Waals surface area contributed by atoms with Gasteiger partial charge >= 0.3 is 0 Å². The molecule has 0 saturated carbocycles. The average Bonchev–Trinajstić information content (AvgIpc) is 2.75. The number of aromatic hydroxyl groups is 2. The number of benzene rings is 1. The van der Waals surface area contributed by atoms with E-state index in [9.17, 15) is 15.0 Å². The van der Waals surface area contributed by atoms with Gasteiger partial charge in [-0.2, -0.15) is 15.4 Å². The van der Waals surface area contributed by atoms with Crippen molar-refractivity contribution in [3.05, 3.63) is 22.3 Å². The number of carbonyl (C=O) groups excluding carboxylic acids is 1. The van der Waals surface area contributed by atoms with Gasteiger partial charge in [0, 0.05) is 0 Å². The van der Waals surface area contributed by atoms with Crippen LogP contribution in [0.15, 0.2) is 16.6 Å². The molecule has 8 heteroatoms. The molecule has 2 aromatic rings.